The number of carbonyl (C=O) groups excluding carboxylic acids is 1. The van der Waals surface area contributed by atoms with Crippen LogP contribution in [0.4, 0.5) is 11.4 Å². The van der Waals surface area contributed by atoms with Crippen molar-refractivity contribution in [2.24, 2.45) is 4.99 Å². The summed E-state index contributed by atoms with van der Waals surface area (Å²) in [6.45, 7) is 4.73. The maximum absolute atomic E-state index is 13.4. The van der Waals surface area contributed by atoms with Crippen LogP contribution < -0.4 is 4.90 Å². The molecule has 1 fully saturated rings. The first-order valence-corrected chi connectivity index (χ1v) is 10.5. The third kappa shape index (κ3) is 2.41. The molecule has 136 valence electrons. The molecule has 0 radical (unpaired) electrons. The Hall–Kier alpha value is -1.84. The van der Waals surface area contributed by atoms with Gasteiger partial charge in [0.2, 0.25) is 11.4 Å². The van der Waals surface area contributed by atoms with Gasteiger partial charge in [-0.15, -0.1) is 11.3 Å². The normalized spacial score (nSPS) is 21.4. The zero-order valence-corrected chi connectivity index (χ0v) is 17.8. The Kier molecular flexibility index (Phi) is 3.89. The van der Waals surface area contributed by atoms with Crippen molar-refractivity contribution in [3.8, 4) is 0 Å². The summed E-state index contributed by atoms with van der Waals surface area (Å²) in [7, 11) is 0. The van der Waals surface area contributed by atoms with E-state index in [-0.39, 0.29) is 5.78 Å². The van der Waals surface area contributed by atoms with Gasteiger partial charge in [0, 0.05) is 24.2 Å². The maximum atomic E-state index is 13.4. The second kappa shape index (κ2) is 6.08. The van der Waals surface area contributed by atoms with E-state index >= 15 is 0 Å². The van der Waals surface area contributed by atoms with Crippen LogP contribution in [-0.4, -0.2) is 28.7 Å². The summed E-state index contributed by atoms with van der Waals surface area (Å²) in [5.41, 5.74) is 6.36. The Morgan fingerprint density at radius 3 is 2.85 bits per heavy atom. The number of aryl methyl sites for hydroxylation is 2. The number of hydrogen-bond donors (Lipinski definition) is 0. The number of aromatic nitrogens is 1. The van der Waals surface area contributed by atoms with E-state index in [0.717, 1.165) is 32.7 Å². The Morgan fingerprint density at radius 2 is 2.04 bits per heavy atom. The molecule has 2 aliphatic rings. The van der Waals surface area contributed by atoms with Crippen molar-refractivity contribution in [1.82, 2.24) is 4.98 Å². The molecule has 2 aliphatic heterocycles. The number of rotatable bonds is 2. The SMILES string of the molecule is Cc1cc2c(cc1C)C(=O)[C@]1(OI)CCN(c3ccc4scnc4c3)C1=N2. The molecule has 0 N–H and O–H groups in total. The van der Waals surface area contributed by atoms with Gasteiger partial charge in [0.1, 0.15) is 23.0 Å². The van der Waals surface area contributed by atoms with Crippen LogP contribution >= 0.6 is 34.3 Å². The van der Waals surface area contributed by atoms with Crippen molar-refractivity contribution in [2.75, 3.05) is 11.4 Å². The van der Waals surface area contributed by atoms with Crippen molar-refractivity contribution in [3.05, 3.63) is 52.5 Å². The van der Waals surface area contributed by atoms with Gasteiger partial charge < -0.3 is 4.90 Å². The third-order valence-electron chi connectivity index (χ3n) is 5.51. The van der Waals surface area contributed by atoms with E-state index in [2.05, 4.69) is 28.1 Å². The molecule has 0 aliphatic carbocycles. The number of fused-ring (bicyclic) bond motifs is 3. The minimum Gasteiger partial charge on any atom is -0.327 e. The van der Waals surface area contributed by atoms with E-state index in [1.54, 1.807) is 11.3 Å². The van der Waals surface area contributed by atoms with Crippen LogP contribution in [0.1, 0.15) is 27.9 Å². The highest BCUT2D eigenvalue weighted by Gasteiger charge is 2.55. The Morgan fingerprint density at radius 1 is 1.22 bits per heavy atom. The molecule has 1 saturated heterocycles. The van der Waals surface area contributed by atoms with Gasteiger partial charge in [-0.3, -0.25) is 7.86 Å². The van der Waals surface area contributed by atoms with E-state index < -0.39 is 5.60 Å². The van der Waals surface area contributed by atoms with Crippen LogP contribution in [0.2, 0.25) is 0 Å². The average molecular weight is 489 g/mol. The first kappa shape index (κ1) is 17.3. The van der Waals surface area contributed by atoms with Gasteiger partial charge in [0.15, 0.2) is 5.84 Å². The minimum absolute atomic E-state index is 0.00256. The number of Topliss-reactive ketones (excluding diaryl/α,β-unsaturated/α-hetero) is 1. The predicted molar refractivity (Wildman–Crippen MR) is 117 cm³/mol. The van der Waals surface area contributed by atoms with Gasteiger partial charge in [-0.2, -0.15) is 0 Å². The zero-order valence-electron chi connectivity index (χ0n) is 14.8. The molecule has 2 aromatic carbocycles. The summed E-state index contributed by atoms with van der Waals surface area (Å²) >= 11 is 3.47. The summed E-state index contributed by atoms with van der Waals surface area (Å²) in [5.74, 6) is 0.671. The number of thiazole rings is 1. The monoisotopic (exact) mass is 489 g/mol. The topological polar surface area (TPSA) is 54.8 Å². The first-order chi connectivity index (χ1) is 13.0. The highest BCUT2D eigenvalue weighted by Crippen LogP contribution is 2.43. The smallest absolute Gasteiger partial charge is 0.205 e. The van der Waals surface area contributed by atoms with Gasteiger partial charge in [-0.1, -0.05) is 0 Å². The number of carbonyl (C=O) groups is 1. The van der Waals surface area contributed by atoms with Gasteiger partial charge in [-0.05, 0) is 55.3 Å². The number of nitrogens with zero attached hydrogens (tertiary/aromatic N) is 3. The van der Waals surface area contributed by atoms with Crippen molar-refractivity contribution >= 4 is 67.6 Å². The summed E-state index contributed by atoms with van der Waals surface area (Å²) in [5, 5.41) is 0. The van der Waals surface area contributed by atoms with Crippen LogP contribution in [0.5, 0.6) is 0 Å². The van der Waals surface area contributed by atoms with Gasteiger partial charge in [-0.25, -0.2) is 9.98 Å². The quantitative estimate of drug-likeness (QED) is 0.467. The second-order valence-electron chi connectivity index (χ2n) is 7.03. The van der Waals surface area contributed by atoms with E-state index in [9.17, 15) is 4.79 Å². The van der Waals surface area contributed by atoms with Crippen molar-refractivity contribution in [2.45, 2.75) is 25.9 Å². The largest absolute Gasteiger partial charge is 0.327 e. The van der Waals surface area contributed by atoms with Gasteiger partial charge in [0.05, 0.1) is 21.4 Å². The number of benzene rings is 2. The Bertz CT molecular complexity index is 1140. The summed E-state index contributed by atoms with van der Waals surface area (Å²) in [4.78, 5) is 24.8. The van der Waals surface area contributed by atoms with Crippen LogP contribution in [0.15, 0.2) is 40.8 Å². The summed E-state index contributed by atoms with van der Waals surface area (Å²) in [6, 6.07) is 10.1. The number of ketones is 1. The minimum atomic E-state index is -1.02. The fourth-order valence-electron chi connectivity index (χ4n) is 3.85. The lowest BCUT2D eigenvalue weighted by molar-refractivity contribution is 0.0769. The molecule has 3 aromatic rings. The molecule has 0 spiro atoms. The molecule has 0 unspecified atom stereocenters. The number of aliphatic imine (C=N–C) groups is 1. The summed E-state index contributed by atoms with van der Waals surface area (Å²) < 4.78 is 6.95. The molecule has 1 aromatic heterocycles. The van der Waals surface area contributed by atoms with E-state index in [4.69, 9.17) is 8.06 Å². The van der Waals surface area contributed by atoms with E-state index in [1.165, 1.54) is 0 Å². The summed E-state index contributed by atoms with van der Waals surface area (Å²) in [6.07, 6.45) is 0.578. The predicted octanol–water partition coefficient (Wildman–Crippen LogP) is 5.16. The molecular weight excluding hydrogens is 473 g/mol. The molecule has 5 rings (SSSR count). The van der Waals surface area contributed by atoms with Gasteiger partial charge >= 0.3 is 0 Å². The fraction of sp³-hybridized carbons (Fsp3) is 0.250. The molecule has 0 amide bonds. The average Bonchev–Trinajstić information content (AvgIpc) is 3.28. The Balaban J connectivity index is 1.69. The molecule has 27 heavy (non-hydrogen) atoms. The van der Waals surface area contributed by atoms with E-state index in [1.807, 2.05) is 54.5 Å². The second-order valence-corrected chi connectivity index (χ2v) is 8.36. The lowest BCUT2D eigenvalue weighted by Crippen LogP contribution is -2.49. The maximum Gasteiger partial charge on any atom is 0.205 e. The van der Waals surface area contributed by atoms with Crippen molar-refractivity contribution in [3.63, 3.8) is 0 Å². The van der Waals surface area contributed by atoms with E-state index in [0.29, 0.717) is 24.4 Å². The fourth-order valence-corrected chi connectivity index (χ4v) is 5.13. The van der Waals surface area contributed by atoms with Crippen molar-refractivity contribution in [1.29, 1.82) is 0 Å². The van der Waals surface area contributed by atoms with Crippen LogP contribution in [0.3, 0.4) is 0 Å². The number of anilines is 1. The molecule has 3 heterocycles. The lowest BCUT2D eigenvalue weighted by Gasteiger charge is -2.32. The van der Waals surface area contributed by atoms with Crippen molar-refractivity contribution < 1.29 is 7.86 Å². The third-order valence-corrected chi connectivity index (χ3v) is 7.07. The van der Waals surface area contributed by atoms with Gasteiger partial charge in [0.25, 0.3) is 0 Å². The number of amidine groups is 1. The molecular formula is C20H16IN3O2S. The molecule has 0 bridgehead atoms. The molecule has 0 saturated carbocycles. The van der Waals surface area contributed by atoms with Crippen LogP contribution in [0.25, 0.3) is 10.2 Å². The standard InChI is InChI=1S/C20H16IN3O2S/c1-11-7-14-15(8-12(11)2)23-19-20(26-21,18(14)25)5-6-24(19)13-3-4-17-16(9-13)22-10-27-17/h3-4,7-10H,5-6H2,1-2H3/t20-/m1/s1. The molecule has 1 atom stereocenters. The zero-order chi connectivity index (χ0) is 18.8. The lowest BCUT2D eigenvalue weighted by atomic mass is 9.86. The molecule has 7 heteroatoms. The molecule has 5 nitrogen and oxygen atoms in total. The Labute approximate surface area is 174 Å². The van der Waals surface area contributed by atoms with Crippen LogP contribution in [0, 0.1) is 13.8 Å². The number of halogens is 1. The highest BCUT2D eigenvalue weighted by molar-refractivity contribution is 14.1. The first-order valence-electron chi connectivity index (χ1n) is 8.69. The number of hydrogen-bond acceptors (Lipinski definition) is 6. The highest BCUT2D eigenvalue weighted by atomic mass is 127. The van der Waals surface area contributed by atoms with Crippen LogP contribution in [-0.2, 0) is 3.07 Å².